The van der Waals surface area contributed by atoms with E-state index in [1.165, 1.54) is 12.1 Å². The van der Waals surface area contributed by atoms with Gasteiger partial charge in [0.25, 0.3) is 9.05 Å². The normalized spacial score (nSPS) is 11.5. The number of alkyl halides is 1. The van der Waals surface area contributed by atoms with Crippen LogP contribution >= 0.6 is 33.9 Å². The standard InChI is InChI=1S/C9H8Cl3FO3S/c10-8-6(16-5-1-4-13)2-3-7(9(8)11)17(12,14)15/h2-3H,1,4-5H2. The zero-order valence-electron chi connectivity index (χ0n) is 8.42. The Hall–Kier alpha value is -0.230. The highest BCUT2D eigenvalue weighted by atomic mass is 35.7. The molecule has 0 aliphatic carbocycles. The summed E-state index contributed by atoms with van der Waals surface area (Å²) in [5, 5.41) is -0.272. The highest BCUT2D eigenvalue weighted by molar-refractivity contribution is 8.13. The molecule has 0 aromatic heterocycles. The van der Waals surface area contributed by atoms with Crippen LogP contribution < -0.4 is 4.74 Å². The van der Waals surface area contributed by atoms with Gasteiger partial charge in [0.05, 0.1) is 18.3 Å². The van der Waals surface area contributed by atoms with Crippen LogP contribution in [-0.2, 0) is 9.05 Å². The first kappa shape index (κ1) is 14.8. The van der Waals surface area contributed by atoms with Gasteiger partial charge in [0.2, 0.25) is 0 Å². The molecule has 1 aromatic rings. The average molecular weight is 322 g/mol. The Kier molecular flexibility index (Phi) is 5.31. The summed E-state index contributed by atoms with van der Waals surface area (Å²) in [6.07, 6.45) is 0.212. The lowest BCUT2D eigenvalue weighted by Crippen LogP contribution is -2.00. The lowest BCUT2D eigenvalue weighted by atomic mass is 10.3. The van der Waals surface area contributed by atoms with E-state index in [-0.39, 0.29) is 33.7 Å². The fraction of sp³-hybridized carbons (Fsp3) is 0.333. The van der Waals surface area contributed by atoms with E-state index in [1.54, 1.807) is 0 Å². The predicted octanol–water partition coefficient (Wildman–Crippen LogP) is 3.66. The van der Waals surface area contributed by atoms with Crippen molar-refractivity contribution in [3.05, 3.63) is 22.2 Å². The van der Waals surface area contributed by atoms with Crippen LogP contribution in [0.2, 0.25) is 10.0 Å². The minimum absolute atomic E-state index is 0.0627. The fourth-order valence-corrected chi connectivity index (χ4v) is 2.84. The maximum Gasteiger partial charge on any atom is 0.262 e. The van der Waals surface area contributed by atoms with Crippen molar-refractivity contribution >= 4 is 42.9 Å². The monoisotopic (exact) mass is 320 g/mol. The molecule has 0 unspecified atom stereocenters. The summed E-state index contributed by atoms with van der Waals surface area (Å²) in [5.74, 6) is 0.189. The van der Waals surface area contributed by atoms with Gasteiger partial charge in [-0.25, -0.2) is 8.42 Å². The van der Waals surface area contributed by atoms with E-state index in [4.69, 9.17) is 38.6 Å². The molecule has 96 valence electrons. The Morgan fingerprint density at radius 1 is 1.24 bits per heavy atom. The largest absolute Gasteiger partial charge is 0.492 e. The third-order valence-corrected chi connectivity index (χ3v) is 4.15. The first-order valence-corrected chi connectivity index (χ1v) is 7.56. The molecular formula is C9H8Cl3FO3S. The molecule has 0 amide bonds. The topological polar surface area (TPSA) is 43.4 Å². The first-order valence-electron chi connectivity index (χ1n) is 4.49. The molecule has 0 saturated heterocycles. The smallest absolute Gasteiger partial charge is 0.262 e. The molecule has 17 heavy (non-hydrogen) atoms. The van der Waals surface area contributed by atoms with Gasteiger partial charge in [0.1, 0.15) is 15.7 Å². The van der Waals surface area contributed by atoms with Gasteiger partial charge in [-0.3, -0.25) is 4.39 Å². The second-order valence-corrected chi connectivity index (χ2v) is 6.31. The molecule has 0 saturated carbocycles. The Bertz CT molecular complexity index is 504. The van der Waals surface area contributed by atoms with E-state index < -0.39 is 15.7 Å². The zero-order chi connectivity index (χ0) is 13.1. The maximum atomic E-state index is 11.9. The Labute approximate surface area is 113 Å². The van der Waals surface area contributed by atoms with Crippen LogP contribution in [0.3, 0.4) is 0 Å². The first-order chi connectivity index (χ1) is 7.88. The molecule has 0 aliphatic heterocycles. The van der Waals surface area contributed by atoms with Crippen molar-refractivity contribution < 1.29 is 17.5 Å². The van der Waals surface area contributed by atoms with Crippen LogP contribution in [0.15, 0.2) is 17.0 Å². The summed E-state index contributed by atoms with van der Waals surface area (Å²) in [7, 11) is 1.20. The highest BCUT2D eigenvalue weighted by Gasteiger charge is 2.19. The number of benzene rings is 1. The van der Waals surface area contributed by atoms with Crippen LogP contribution in [0.1, 0.15) is 6.42 Å². The summed E-state index contributed by atoms with van der Waals surface area (Å²) in [5.41, 5.74) is 0. The van der Waals surface area contributed by atoms with E-state index >= 15 is 0 Å². The van der Waals surface area contributed by atoms with Gasteiger partial charge in [-0.05, 0) is 12.1 Å². The van der Waals surface area contributed by atoms with Gasteiger partial charge in [-0.15, -0.1) is 0 Å². The van der Waals surface area contributed by atoms with Crippen molar-refractivity contribution in [3.8, 4) is 5.75 Å². The zero-order valence-corrected chi connectivity index (χ0v) is 11.5. The number of ether oxygens (including phenoxy) is 1. The van der Waals surface area contributed by atoms with Crippen molar-refractivity contribution in [3.63, 3.8) is 0 Å². The van der Waals surface area contributed by atoms with Crippen molar-refractivity contribution in [2.24, 2.45) is 0 Å². The summed E-state index contributed by atoms with van der Waals surface area (Å²) >= 11 is 11.6. The van der Waals surface area contributed by atoms with Crippen molar-refractivity contribution in [2.75, 3.05) is 13.3 Å². The van der Waals surface area contributed by atoms with E-state index in [1.807, 2.05) is 0 Å². The molecule has 0 aliphatic rings. The molecule has 0 fully saturated rings. The second-order valence-electron chi connectivity index (χ2n) is 3.02. The van der Waals surface area contributed by atoms with Crippen molar-refractivity contribution in [1.82, 2.24) is 0 Å². The molecule has 0 atom stereocenters. The maximum absolute atomic E-state index is 11.9. The molecule has 0 bridgehead atoms. The minimum Gasteiger partial charge on any atom is -0.492 e. The predicted molar refractivity (Wildman–Crippen MR) is 65.6 cm³/mol. The Balaban J connectivity index is 3.03. The quantitative estimate of drug-likeness (QED) is 0.614. The van der Waals surface area contributed by atoms with Gasteiger partial charge >= 0.3 is 0 Å². The lowest BCUT2D eigenvalue weighted by Gasteiger charge is -2.09. The molecule has 0 radical (unpaired) electrons. The average Bonchev–Trinajstić information content (AvgIpc) is 2.23. The van der Waals surface area contributed by atoms with Crippen LogP contribution in [0.5, 0.6) is 5.75 Å². The van der Waals surface area contributed by atoms with Crippen molar-refractivity contribution in [1.29, 1.82) is 0 Å². The molecule has 1 aromatic carbocycles. The third kappa shape index (κ3) is 3.88. The van der Waals surface area contributed by atoms with Gasteiger partial charge in [-0.1, -0.05) is 23.2 Å². The number of hydrogen-bond acceptors (Lipinski definition) is 3. The van der Waals surface area contributed by atoms with Gasteiger partial charge < -0.3 is 4.74 Å². The summed E-state index contributed by atoms with van der Waals surface area (Å²) in [6, 6.07) is 2.50. The summed E-state index contributed by atoms with van der Waals surface area (Å²) < 4.78 is 39.2. The molecule has 1 rings (SSSR count). The minimum atomic E-state index is -3.96. The molecule has 0 spiro atoms. The molecule has 8 heteroatoms. The molecule has 3 nitrogen and oxygen atoms in total. The van der Waals surface area contributed by atoms with E-state index in [2.05, 4.69) is 0 Å². The number of hydrogen-bond donors (Lipinski definition) is 0. The van der Waals surface area contributed by atoms with Crippen molar-refractivity contribution in [2.45, 2.75) is 11.3 Å². The fourth-order valence-electron chi connectivity index (χ4n) is 1.05. The van der Waals surface area contributed by atoms with Crippen LogP contribution in [0, 0.1) is 0 Å². The summed E-state index contributed by atoms with van der Waals surface area (Å²) in [4.78, 5) is -0.288. The second kappa shape index (κ2) is 6.09. The molecule has 0 N–H and O–H groups in total. The van der Waals surface area contributed by atoms with Crippen LogP contribution in [0.4, 0.5) is 4.39 Å². The van der Waals surface area contributed by atoms with E-state index in [0.717, 1.165) is 0 Å². The van der Waals surface area contributed by atoms with Crippen LogP contribution in [-0.4, -0.2) is 21.7 Å². The highest BCUT2D eigenvalue weighted by Crippen LogP contribution is 2.37. The van der Waals surface area contributed by atoms with Gasteiger partial charge in [-0.2, -0.15) is 0 Å². The Morgan fingerprint density at radius 3 is 2.41 bits per heavy atom. The van der Waals surface area contributed by atoms with Crippen LogP contribution in [0.25, 0.3) is 0 Å². The van der Waals surface area contributed by atoms with Gasteiger partial charge in [0, 0.05) is 17.1 Å². The van der Waals surface area contributed by atoms with E-state index in [9.17, 15) is 12.8 Å². The lowest BCUT2D eigenvalue weighted by molar-refractivity contribution is 0.289. The molecule has 0 heterocycles. The summed E-state index contributed by atoms with van der Waals surface area (Å²) in [6.45, 7) is -0.390. The van der Waals surface area contributed by atoms with E-state index in [0.29, 0.717) is 0 Å². The molecular weight excluding hydrogens is 314 g/mol. The Morgan fingerprint density at radius 2 is 1.88 bits per heavy atom. The van der Waals surface area contributed by atoms with Gasteiger partial charge in [0.15, 0.2) is 0 Å². The number of rotatable bonds is 5. The third-order valence-electron chi connectivity index (χ3n) is 1.81. The SMILES string of the molecule is O=S(=O)(Cl)c1ccc(OCCCF)c(Cl)c1Cl. The number of halogens is 4.